The third-order valence-electron chi connectivity index (χ3n) is 4.57. The Morgan fingerprint density at radius 3 is 2.70 bits per heavy atom. The summed E-state index contributed by atoms with van der Waals surface area (Å²) in [7, 11) is 0. The maximum atomic E-state index is 6.26. The molecule has 0 radical (unpaired) electrons. The highest BCUT2D eigenvalue weighted by Gasteiger charge is 2.10. The largest absolute Gasteiger partial charge is 0.354 e. The van der Waals surface area contributed by atoms with Crippen LogP contribution in [-0.2, 0) is 0 Å². The second kappa shape index (κ2) is 6.41. The molecule has 5 heteroatoms. The number of benzene rings is 2. The van der Waals surface area contributed by atoms with Crippen molar-refractivity contribution in [1.82, 2.24) is 15.0 Å². The zero-order chi connectivity index (χ0) is 18.2. The first kappa shape index (κ1) is 15.9. The van der Waals surface area contributed by atoms with Crippen LogP contribution >= 0.6 is 11.6 Å². The van der Waals surface area contributed by atoms with Gasteiger partial charge >= 0.3 is 0 Å². The number of fused-ring (bicyclic) bond motifs is 2. The van der Waals surface area contributed by atoms with Crippen LogP contribution in [0, 0.1) is 0 Å². The fourth-order valence-corrected chi connectivity index (χ4v) is 3.43. The summed E-state index contributed by atoms with van der Waals surface area (Å²) < 4.78 is 0. The predicted molar refractivity (Wildman–Crippen MR) is 112 cm³/mol. The van der Waals surface area contributed by atoms with E-state index in [1.807, 2.05) is 48.7 Å². The molecule has 0 aliphatic carbocycles. The van der Waals surface area contributed by atoms with Gasteiger partial charge in [-0.2, -0.15) is 0 Å². The number of halogens is 1. The summed E-state index contributed by atoms with van der Waals surface area (Å²) in [5.74, 6) is 0.751. The number of aromatic amines is 1. The van der Waals surface area contributed by atoms with E-state index in [1.54, 1.807) is 6.20 Å². The number of para-hydroxylation sites is 2. The van der Waals surface area contributed by atoms with Crippen molar-refractivity contribution < 1.29 is 0 Å². The minimum absolute atomic E-state index is 0.663. The van der Waals surface area contributed by atoms with Gasteiger partial charge < -0.3 is 10.3 Å². The normalized spacial score (nSPS) is 11.1. The summed E-state index contributed by atoms with van der Waals surface area (Å²) in [4.78, 5) is 12.5. The van der Waals surface area contributed by atoms with E-state index in [-0.39, 0.29) is 0 Å². The van der Waals surface area contributed by atoms with Gasteiger partial charge in [-0.1, -0.05) is 41.9 Å². The standard InChI is InChI=1S/C22H15ClN4/c23-17-6-1-2-7-19(17)26-21-9-8-14-4-3-5-16(22(14)27-21)20-12-15-13-24-11-10-18(15)25-20/h1-13,25H,(H,26,27). The number of nitrogens with one attached hydrogen (secondary N) is 2. The number of anilines is 2. The molecule has 3 aromatic heterocycles. The van der Waals surface area contributed by atoms with E-state index < -0.39 is 0 Å². The molecular formula is C22H15ClN4. The van der Waals surface area contributed by atoms with E-state index in [0.29, 0.717) is 5.02 Å². The van der Waals surface area contributed by atoms with Gasteiger partial charge in [0, 0.05) is 39.9 Å². The Labute approximate surface area is 160 Å². The Hall–Kier alpha value is -3.37. The molecule has 0 amide bonds. The number of rotatable bonds is 3. The number of H-pyrrole nitrogens is 1. The molecular weight excluding hydrogens is 356 g/mol. The third kappa shape index (κ3) is 2.90. The molecule has 5 rings (SSSR count). The molecule has 0 atom stereocenters. The lowest BCUT2D eigenvalue weighted by molar-refractivity contribution is 1.35. The minimum Gasteiger partial charge on any atom is -0.354 e. The molecule has 0 aliphatic rings. The average Bonchev–Trinajstić information content (AvgIpc) is 3.13. The quantitative estimate of drug-likeness (QED) is 0.399. The summed E-state index contributed by atoms with van der Waals surface area (Å²) in [5, 5.41) is 6.13. The Balaban J connectivity index is 1.63. The predicted octanol–water partition coefficient (Wildman–Crippen LogP) is 6.18. The van der Waals surface area contributed by atoms with Gasteiger partial charge in [0.1, 0.15) is 5.82 Å². The van der Waals surface area contributed by atoms with Gasteiger partial charge in [-0.3, -0.25) is 4.98 Å². The van der Waals surface area contributed by atoms with Gasteiger partial charge in [0.2, 0.25) is 0 Å². The van der Waals surface area contributed by atoms with Gasteiger partial charge in [0.05, 0.1) is 16.2 Å². The van der Waals surface area contributed by atoms with Crippen molar-refractivity contribution in [3.8, 4) is 11.3 Å². The summed E-state index contributed by atoms with van der Waals surface area (Å²) in [6.07, 6.45) is 3.65. The number of nitrogens with zero attached hydrogens (tertiary/aromatic N) is 2. The second-order valence-electron chi connectivity index (χ2n) is 6.32. The van der Waals surface area contributed by atoms with E-state index in [1.165, 1.54) is 0 Å². The van der Waals surface area contributed by atoms with E-state index in [9.17, 15) is 0 Å². The molecule has 2 N–H and O–H groups in total. The topological polar surface area (TPSA) is 53.6 Å². The molecule has 0 aliphatic heterocycles. The van der Waals surface area contributed by atoms with Crippen molar-refractivity contribution in [2.75, 3.05) is 5.32 Å². The van der Waals surface area contributed by atoms with Crippen LogP contribution in [0.1, 0.15) is 0 Å². The van der Waals surface area contributed by atoms with Crippen molar-refractivity contribution in [1.29, 1.82) is 0 Å². The first-order valence-electron chi connectivity index (χ1n) is 8.62. The monoisotopic (exact) mass is 370 g/mol. The second-order valence-corrected chi connectivity index (χ2v) is 6.73. The van der Waals surface area contributed by atoms with Crippen molar-refractivity contribution in [3.05, 3.63) is 84.1 Å². The maximum Gasteiger partial charge on any atom is 0.131 e. The third-order valence-corrected chi connectivity index (χ3v) is 4.90. The first-order valence-corrected chi connectivity index (χ1v) is 9.00. The zero-order valence-electron chi connectivity index (χ0n) is 14.3. The Kier molecular flexibility index (Phi) is 3.77. The number of hydrogen-bond acceptors (Lipinski definition) is 3. The van der Waals surface area contributed by atoms with Crippen LogP contribution in [-0.4, -0.2) is 15.0 Å². The van der Waals surface area contributed by atoms with Gasteiger partial charge in [-0.25, -0.2) is 4.98 Å². The van der Waals surface area contributed by atoms with Crippen LogP contribution in [0.3, 0.4) is 0 Å². The van der Waals surface area contributed by atoms with E-state index in [0.717, 1.165) is 44.6 Å². The van der Waals surface area contributed by atoms with Crippen LogP contribution in [0.25, 0.3) is 33.1 Å². The van der Waals surface area contributed by atoms with Crippen molar-refractivity contribution in [3.63, 3.8) is 0 Å². The highest BCUT2D eigenvalue weighted by Crippen LogP contribution is 2.31. The molecule has 0 unspecified atom stereocenters. The summed E-state index contributed by atoms with van der Waals surface area (Å²) in [5.41, 5.74) is 4.88. The number of aromatic nitrogens is 3. The molecule has 27 heavy (non-hydrogen) atoms. The SMILES string of the molecule is Clc1ccccc1Nc1ccc2cccc(-c3cc4cnccc4[nH]3)c2n1. The van der Waals surface area contributed by atoms with Gasteiger partial charge in [0.15, 0.2) is 0 Å². The molecule has 3 heterocycles. The van der Waals surface area contributed by atoms with Gasteiger partial charge in [-0.05, 0) is 36.4 Å². The van der Waals surface area contributed by atoms with E-state index >= 15 is 0 Å². The van der Waals surface area contributed by atoms with Crippen LogP contribution in [0.15, 0.2) is 79.1 Å². The zero-order valence-corrected chi connectivity index (χ0v) is 15.0. The maximum absolute atomic E-state index is 6.26. The molecule has 0 spiro atoms. The minimum atomic E-state index is 0.663. The Morgan fingerprint density at radius 2 is 1.81 bits per heavy atom. The lowest BCUT2D eigenvalue weighted by atomic mass is 10.1. The first-order chi connectivity index (χ1) is 13.3. The number of pyridine rings is 2. The van der Waals surface area contributed by atoms with Crippen molar-refractivity contribution in [2.45, 2.75) is 0 Å². The van der Waals surface area contributed by atoms with Crippen molar-refractivity contribution in [2.24, 2.45) is 0 Å². The molecule has 0 saturated carbocycles. The molecule has 0 saturated heterocycles. The fraction of sp³-hybridized carbons (Fsp3) is 0. The fourth-order valence-electron chi connectivity index (χ4n) is 3.25. The van der Waals surface area contributed by atoms with Crippen LogP contribution in [0.4, 0.5) is 11.5 Å². The lowest BCUT2D eigenvalue weighted by Gasteiger charge is -2.10. The van der Waals surface area contributed by atoms with Crippen LogP contribution < -0.4 is 5.32 Å². The Morgan fingerprint density at radius 1 is 0.889 bits per heavy atom. The van der Waals surface area contributed by atoms with Crippen LogP contribution in [0.5, 0.6) is 0 Å². The van der Waals surface area contributed by atoms with Crippen molar-refractivity contribution >= 4 is 44.9 Å². The molecule has 130 valence electrons. The Bertz CT molecular complexity index is 1240. The number of hydrogen-bond donors (Lipinski definition) is 2. The van der Waals surface area contributed by atoms with Gasteiger partial charge in [-0.15, -0.1) is 0 Å². The van der Waals surface area contributed by atoms with E-state index in [4.69, 9.17) is 16.6 Å². The highest BCUT2D eigenvalue weighted by molar-refractivity contribution is 6.33. The average molecular weight is 371 g/mol. The summed E-state index contributed by atoms with van der Waals surface area (Å²) in [6, 6.07) is 21.9. The molecule has 0 fully saturated rings. The van der Waals surface area contributed by atoms with Crippen LogP contribution in [0.2, 0.25) is 5.02 Å². The molecule has 2 aromatic carbocycles. The highest BCUT2D eigenvalue weighted by atomic mass is 35.5. The molecule has 0 bridgehead atoms. The van der Waals surface area contributed by atoms with E-state index in [2.05, 4.69) is 39.6 Å². The molecule has 4 nitrogen and oxygen atoms in total. The molecule has 5 aromatic rings. The van der Waals surface area contributed by atoms with Gasteiger partial charge in [0.25, 0.3) is 0 Å². The summed E-state index contributed by atoms with van der Waals surface area (Å²) >= 11 is 6.26. The lowest BCUT2D eigenvalue weighted by Crippen LogP contribution is -1.95. The summed E-state index contributed by atoms with van der Waals surface area (Å²) in [6.45, 7) is 0. The smallest absolute Gasteiger partial charge is 0.131 e.